The third-order valence-corrected chi connectivity index (χ3v) is 3.69. The van der Waals surface area contributed by atoms with Crippen molar-refractivity contribution in [2.45, 2.75) is 44.6 Å². The molecule has 3 heteroatoms. The van der Waals surface area contributed by atoms with Crippen LogP contribution in [0.5, 0.6) is 5.75 Å². The zero-order valence-corrected chi connectivity index (χ0v) is 11.5. The summed E-state index contributed by atoms with van der Waals surface area (Å²) in [7, 11) is 0. The van der Waals surface area contributed by atoms with Crippen molar-refractivity contribution >= 4 is 0 Å². The van der Waals surface area contributed by atoms with Gasteiger partial charge in [0.2, 0.25) is 0 Å². The van der Waals surface area contributed by atoms with E-state index in [9.17, 15) is 5.11 Å². The number of hydrogen-bond donors (Lipinski definition) is 2. The van der Waals surface area contributed by atoms with Crippen LogP contribution in [0, 0.1) is 5.89 Å². The zero-order chi connectivity index (χ0) is 14.4. The summed E-state index contributed by atoms with van der Waals surface area (Å²) < 4.78 is 14.2. The molecule has 0 amide bonds. The number of aliphatic hydroxyl groups excluding tert-OH is 1. The summed E-state index contributed by atoms with van der Waals surface area (Å²) in [6, 6.07) is 7.49. The number of benzene rings is 1. The maximum atomic E-state index is 9.94. The predicted octanol–water partition coefficient (Wildman–Crippen LogP) is 3.03. The smallest absolute Gasteiger partial charge is 0.119 e. The first-order valence-electron chi connectivity index (χ1n) is 7.74. The summed E-state index contributed by atoms with van der Waals surface area (Å²) in [6.45, 7) is 0.894. The van der Waals surface area contributed by atoms with Crippen LogP contribution in [-0.4, -0.2) is 18.3 Å². The molecule has 1 saturated carbocycles. The van der Waals surface area contributed by atoms with Crippen molar-refractivity contribution in [3.63, 3.8) is 0 Å². The lowest BCUT2D eigenvalue weighted by molar-refractivity contribution is 0.169. The van der Waals surface area contributed by atoms with E-state index in [0.29, 0.717) is 19.6 Å². The normalized spacial score (nSPS) is 20.6. The van der Waals surface area contributed by atoms with Crippen molar-refractivity contribution in [3.8, 4) is 5.75 Å². The first-order valence-corrected chi connectivity index (χ1v) is 7.24. The Morgan fingerprint density at radius 3 is 2.89 bits per heavy atom. The largest absolute Gasteiger partial charge is 0.493 e. The van der Waals surface area contributed by atoms with Gasteiger partial charge in [0.15, 0.2) is 0 Å². The van der Waals surface area contributed by atoms with Gasteiger partial charge in [0, 0.05) is 1.37 Å². The van der Waals surface area contributed by atoms with Gasteiger partial charge in [0.1, 0.15) is 5.75 Å². The number of ether oxygens (including phenoxy) is 1. The molecule has 1 aliphatic rings. The van der Waals surface area contributed by atoms with Crippen molar-refractivity contribution in [2.75, 3.05) is 13.2 Å². The summed E-state index contributed by atoms with van der Waals surface area (Å²) in [5.41, 5.74) is 6.29. The van der Waals surface area contributed by atoms with E-state index in [0.717, 1.165) is 37.0 Å². The molecule has 1 unspecified atom stereocenters. The Hall–Kier alpha value is -1.06. The minimum Gasteiger partial charge on any atom is -0.493 e. The Balaban J connectivity index is 1.94. The van der Waals surface area contributed by atoms with Gasteiger partial charge in [-0.2, -0.15) is 0 Å². The summed E-state index contributed by atoms with van der Waals surface area (Å²) in [6.07, 6.45) is 5.34. The highest BCUT2D eigenvalue weighted by molar-refractivity contribution is 5.29. The fourth-order valence-electron chi connectivity index (χ4n) is 2.52. The van der Waals surface area contributed by atoms with Crippen LogP contribution in [0.2, 0.25) is 0 Å². The number of nitrogens with two attached hydrogens (primary N) is 1. The fourth-order valence-corrected chi connectivity index (χ4v) is 2.52. The summed E-state index contributed by atoms with van der Waals surface area (Å²) in [5.74, 6) is 0.292. The van der Waals surface area contributed by atoms with Crippen LogP contribution in [0.4, 0.5) is 0 Å². The molecule has 1 aliphatic carbocycles. The van der Waals surface area contributed by atoms with Gasteiger partial charge < -0.3 is 15.6 Å². The molecule has 0 saturated heterocycles. The lowest BCUT2D eigenvalue weighted by Crippen LogP contribution is -2.15. The van der Waals surface area contributed by atoms with Crippen molar-refractivity contribution in [2.24, 2.45) is 11.6 Å². The first kappa shape index (κ1) is 12.9. The van der Waals surface area contributed by atoms with E-state index in [1.54, 1.807) is 0 Å². The van der Waals surface area contributed by atoms with E-state index in [1.807, 2.05) is 24.3 Å². The molecule has 2 rings (SSSR count). The molecule has 0 heterocycles. The zero-order valence-electron chi connectivity index (χ0n) is 12.5. The van der Waals surface area contributed by atoms with Gasteiger partial charge in [-0.1, -0.05) is 31.4 Å². The fraction of sp³-hybridized carbons (Fsp3) is 0.625. The maximum absolute atomic E-state index is 9.94. The molecule has 1 aromatic carbocycles. The van der Waals surface area contributed by atoms with E-state index >= 15 is 0 Å². The van der Waals surface area contributed by atoms with Crippen molar-refractivity contribution in [1.29, 1.82) is 0 Å². The SMILES string of the molecule is [2H]C1(COc2cccc(C(O)CCN)c2)CCCCC1. The van der Waals surface area contributed by atoms with Crippen molar-refractivity contribution < 1.29 is 11.2 Å². The van der Waals surface area contributed by atoms with Gasteiger partial charge in [0.25, 0.3) is 0 Å². The van der Waals surface area contributed by atoms with E-state index in [2.05, 4.69) is 0 Å². The molecular weight excluding hydrogens is 238 g/mol. The third kappa shape index (κ3) is 4.51. The lowest BCUT2D eigenvalue weighted by Gasteiger charge is -2.22. The van der Waals surface area contributed by atoms with Gasteiger partial charge in [-0.25, -0.2) is 0 Å². The summed E-state index contributed by atoms with van der Waals surface area (Å²) in [4.78, 5) is 0. The van der Waals surface area contributed by atoms with Crippen LogP contribution in [0.15, 0.2) is 24.3 Å². The number of aliphatic hydroxyl groups is 1. The molecule has 0 radical (unpaired) electrons. The molecule has 1 aromatic rings. The van der Waals surface area contributed by atoms with Gasteiger partial charge in [0.05, 0.1) is 12.7 Å². The van der Waals surface area contributed by atoms with Crippen LogP contribution in [0.3, 0.4) is 0 Å². The number of hydrogen-bond acceptors (Lipinski definition) is 3. The Bertz CT molecular complexity index is 419. The molecule has 19 heavy (non-hydrogen) atoms. The van der Waals surface area contributed by atoms with Gasteiger partial charge in [-0.3, -0.25) is 0 Å². The third-order valence-electron chi connectivity index (χ3n) is 3.69. The molecule has 106 valence electrons. The van der Waals surface area contributed by atoms with Crippen LogP contribution in [-0.2, 0) is 0 Å². The first-order chi connectivity index (χ1) is 9.63. The van der Waals surface area contributed by atoms with Crippen LogP contribution in [0.25, 0.3) is 0 Å². The van der Waals surface area contributed by atoms with E-state index in [4.69, 9.17) is 11.8 Å². The summed E-state index contributed by atoms with van der Waals surface area (Å²) >= 11 is 0. The van der Waals surface area contributed by atoms with Gasteiger partial charge in [-0.15, -0.1) is 0 Å². The van der Waals surface area contributed by atoms with Crippen LogP contribution < -0.4 is 10.5 Å². The Morgan fingerprint density at radius 2 is 2.16 bits per heavy atom. The molecule has 0 spiro atoms. The molecule has 3 N–H and O–H groups in total. The van der Waals surface area contributed by atoms with Crippen LogP contribution in [0.1, 0.15) is 51.6 Å². The topological polar surface area (TPSA) is 55.5 Å². The second kappa shape index (κ2) is 7.51. The van der Waals surface area contributed by atoms with Crippen LogP contribution >= 0.6 is 0 Å². The molecule has 1 fully saturated rings. The predicted molar refractivity (Wildman–Crippen MR) is 77.1 cm³/mol. The molecule has 3 nitrogen and oxygen atoms in total. The average molecular weight is 264 g/mol. The van der Waals surface area contributed by atoms with Crippen molar-refractivity contribution in [1.82, 2.24) is 0 Å². The highest BCUT2D eigenvalue weighted by Gasteiger charge is 2.14. The quantitative estimate of drug-likeness (QED) is 0.830. The number of rotatable bonds is 6. The molecule has 0 aliphatic heterocycles. The second-order valence-corrected chi connectivity index (χ2v) is 5.26. The Morgan fingerprint density at radius 1 is 1.37 bits per heavy atom. The highest BCUT2D eigenvalue weighted by atomic mass is 16.5. The second-order valence-electron chi connectivity index (χ2n) is 5.26. The Kier molecular flexibility index (Phi) is 5.12. The Labute approximate surface area is 117 Å². The molecular formula is C16H25NO2. The van der Waals surface area contributed by atoms with Gasteiger partial charge in [-0.05, 0) is 49.4 Å². The average Bonchev–Trinajstić information content (AvgIpc) is 2.47. The maximum Gasteiger partial charge on any atom is 0.119 e. The standard InChI is InChI=1S/C16H25NO2/c17-10-9-16(18)14-7-4-8-15(11-14)19-12-13-5-2-1-3-6-13/h4,7-8,11,13,16,18H,1-3,5-6,9-10,12,17H2/i13D. The van der Waals surface area contributed by atoms with E-state index in [1.165, 1.54) is 6.42 Å². The summed E-state index contributed by atoms with van der Waals surface area (Å²) in [5, 5.41) is 9.94. The molecule has 0 aromatic heterocycles. The monoisotopic (exact) mass is 264 g/mol. The minimum absolute atomic E-state index is 0.434. The minimum atomic E-state index is -0.539. The van der Waals surface area contributed by atoms with Crippen molar-refractivity contribution in [3.05, 3.63) is 29.8 Å². The lowest BCUT2D eigenvalue weighted by atomic mass is 9.90. The van der Waals surface area contributed by atoms with Gasteiger partial charge >= 0.3 is 0 Å². The molecule has 1 atom stereocenters. The van der Waals surface area contributed by atoms with E-state index < -0.39 is 12.0 Å². The molecule has 0 bridgehead atoms. The van der Waals surface area contributed by atoms with E-state index in [-0.39, 0.29) is 0 Å². The highest BCUT2D eigenvalue weighted by Crippen LogP contribution is 2.26.